The summed E-state index contributed by atoms with van der Waals surface area (Å²) in [6.07, 6.45) is 4.25. The van der Waals surface area contributed by atoms with E-state index in [0.717, 1.165) is 25.3 Å². The van der Waals surface area contributed by atoms with Gasteiger partial charge in [-0.2, -0.15) is 0 Å². The van der Waals surface area contributed by atoms with E-state index in [-0.39, 0.29) is 18.6 Å². The quantitative estimate of drug-likeness (QED) is 0.601. The van der Waals surface area contributed by atoms with Gasteiger partial charge < -0.3 is 20.9 Å². The van der Waals surface area contributed by atoms with Gasteiger partial charge >= 0.3 is 0 Å². The highest BCUT2D eigenvalue weighted by atomic mass is 19.1. The average Bonchev–Trinajstić information content (AvgIpc) is 2.97. The summed E-state index contributed by atoms with van der Waals surface area (Å²) in [5.41, 5.74) is 6.40. The van der Waals surface area contributed by atoms with E-state index < -0.39 is 23.8 Å². The van der Waals surface area contributed by atoms with Gasteiger partial charge in [0.25, 0.3) is 0 Å². The molecule has 1 aliphatic rings. The summed E-state index contributed by atoms with van der Waals surface area (Å²) in [7, 11) is 0. The van der Waals surface area contributed by atoms with E-state index in [1.54, 1.807) is 6.08 Å². The lowest BCUT2D eigenvalue weighted by molar-refractivity contribution is 0.0772. The first-order valence-electron chi connectivity index (χ1n) is 8.32. The van der Waals surface area contributed by atoms with Crippen molar-refractivity contribution in [1.82, 2.24) is 5.32 Å². The molecule has 134 valence electrons. The van der Waals surface area contributed by atoms with Gasteiger partial charge in [0, 0.05) is 24.7 Å². The Morgan fingerprint density at radius 3 is 2.71 bits per heavy atom. The second kappa shape index (κ2) is 9.22. The minimum Gasteiger partial charge on any atom is -0.390 e. The minimum absolute atomic E-state index is 0.216. The molecule has 4 atom stereocenters. The molecule has 0 bridgehead atoms. The smallest absolute Gasteiger partial charge is 0.126 e. The van der Waals surface area contributed by atoms with E-state index in [0.29, 0.717) is 18.7 Å². The zero-order valence-electron chi connectivity index (χ0n) is 13.8. The SMILES string of the molecule is C=CCO[C@@H]1CC[C@H](NC[C@@H](O)[C@@H](N)Cc2cc(F)cc(F)c2)C1. The maximum atomic E-state index is 13.2. The van der Waals surface area contributed by atoms with Crippen LogP contribution in [0.2, 0.25) is 0 Å². The molecule has 6 heteroatoms. The van der Waals surface area contributed by atoms with Crippen LogP contribution in [0, 0.1) is 11.6 Å². The Balaban J connectivity index is 1.73. The summed E-state index contributed by atoms with van der Waals surface area (Å²) in [5.74, 6) is -1.28. The number of hydrogen-bond donors (Lipinski definition) is 3. The van der Waals surface area contributed by atoms with Gasteiger partial charge in [-0.05, 0) is 43.4 Å². The summed E-state index contributed by atoms with van der Waals surface area (Å²) in [4.78, 5) is 0. The Morgan fingerprint density at radius 2 is 2.04 bits per heavy atom. The van der Waals surface area contributed by atoms with Crippen LogP contribution >= 0.6 is 0 Å². The maximum absolute atomic E-state index is 13.2. The lowest BCUT2D eigenvalue weighted by Gasteiger charge is -2.22. The fourth-order valence-corrected chi connectivity index (χ4v) is 3.06. The van der Waals surface area contributed by atoms with Gasteiger partial charge in [-0.15, -0.1) is 6.58 Å². The van der Waals surface area contributed by atoms with Gasteiger partial charge in [-0.1, -0.05) is 6.08 Å². The Labute approximate surface area is 141 Å². The fourth-order valence-electron chi connectivity index (χ4n) is 3.06. The van der Waals surface area contributed by atoms with Crippen LogP contribution in [0.15, 0.2) is 30.9 Å². The van der Waals surface area contributed by atoms with Crippen molar-refractivity contribution in [2.75, 3.05) is 13.2 Å². The first-order chi connectivity index (χ1) is 11.5. The van der Waals surface area contributed by atoms with Crippen molar-refractivity contribution >= 4 is 0 Å². The fraction of sp³-hybridized carbons (Fsp3) is 0.556. The summed E-state index contributed by atoms with van der Waals surface area (Å²) in [6, 6.07) is 2.99. The predicted molar refractivity (Wildman–Crippen MR) is 89.6 cm³/mol. The van der Waals surface area contributed by atoms with Crippen molar-refractivity contribution in [2.24, 2.45) is 5.73 Å². The van der Waals surface area contributed by atoms with E-state index in [1.807, 2.05) is 0 Å². The van der Waals surface area contributed by atoms with Crippen molar-refractivity contribution in [3.8, 4) is 0 Å². The summed E-state index contributed by atoms with van der Waals surface area (Å²) in [6.45, 7) is 4.53. The molecule has 0 spiro atoms. The van der Waals surface area contributed by atoms with Crippen LogP contribution in [-0.4, -0.2) is 42.5 Å². The van der Waals surface area contributed by atoms with Crippen LogP contribution in [0.1, 0.15) is 24.8 Å². The first kappa shape index (κ1) is 19.0. The summed E-state index contributed by atoms with van der Waals surface area (Å²) < 4.78 is 32.0. The van der Waals surface area contributed by atoms with Gasteiger partial charge in [0.05, 0.1) is 18.8 Å². The third-order valence-electron chi connectivity index (χ3n) is 4.34. The number of ether oxygens (including phenoxy) is 1. The van der Waals surface area contributed by atoms with Gasteiger partial charge in [0.15, 0.2) is 0 Å². The number of hydrogen-bond acceptors (Lipinski definition) is 4. The number of rotatable bonds is 9. The zero-order valence-corrected chi connectivity index (χ0v) is 13.8. The van der Waals surface area contributed by atoms with E-state index in [4.69, 9.17) is 10.5 Å². The highest BCUT2D eigenvalue weighted by Crippen LogP contribution is 2.22. The van der Waals surface area contributed by atoms with Crippen LogP contribution in [0.5, 0.6) is 0 Å². The lowest BCUT2D eigenvalue weighted by Crippen LogP contribution is -2.45. The van der Waals surface area contributed by atoms with Gasteiger partial charge in [-0.25, -0.2) is 8.78 Å². The number of halogens is 2. The molecule has 0 radical (unpaired) electrons. The van der Waals surface area contributed by atoms with E-state index >= 15 is 0 Å². The number of nitrogens with one attached hydrogen (secondary N) is 1. The Kier molecular flexibility index (Phi) is 7.30. The van der Waals surface area contributed by atoms with Crippen LogP contribution in [0.3, 0.4) is 0 Å². The lowest BCUT2D eigenvalue weighted by atomic mass is 10.0. The summed E-state index contributed by atoms with van der Waals surface area (Å²) >= 11 is 0. The molecule has 1 aromatic carbocycles. The molecule has 4 N–H and O–H groups in total. The van der Waals surface area contributed by atoms with Crippen molar-refractivity contribution in [1.29, 1.82) is 0 Å². The molecule has 1 fully saturated rings. The van der Waals surface area contributed by atoms with Crippen LogP contribution < -0.4 is 11.1 Å². The van der Waals surface area contributed by atoms with Crippen LogP contribution in [0.25, 0.3) is 0 Å². The van der Waals surface area contributed by atoms with Crippen LogP contribution in [-0.2, 0) is 11.2 Å². The Morgan fingerprint density at radius 1 is 1.33 bits per heavy atom. The van der Waals surface area contributed by atoms with Crippen molar-refractivity contribution < 1.29 is 18.6 Å². The third kappa shape index (κ3) is 5.94. The predicted octanol–water partition coefficient (Wildman–Crippen LogP) is 1.91. The molecule has 0 amide bonds. The van der Waals surface area contributed by atoms with E-state index in [1.165, 1.54) is 12.1 Å². The molecule has 24 heavy (non-hydrogen) atoms. The number of aliphatic hydroxyl groups is 1. The third-order valence-corrected chi connectivity index (χ3v) is 4.34. The highest BCUT2D eigenvalue weighted by molar-refractivity contribution is 5.19. The minimum atomic E-state index is -0.788. The van der Waals surface area contributed by atoms with Crippen molar-refractivity contribution in [3.05, 3.63) is 48.1 Å². The largest absolute Gasteiger partial charge is 0.390 e. The highest BCUT2D eigenvalue weighted by Gasteiger charge is 2.26. The zero-order chi connectivity index (χ0) is 17.5. The Bertz CT molecular complexity index is 522. The second-order valence-electron chi connectivity index (χ2n) is 6.38. The molecule has 1 aliphatic carbocycles. The van der Waals surface area contributed by atoms with Crippen molar-refractivity contribution in [3.63, 3.8) is 0 Å². The van der Waals surface area contributed by atoms with Gasteiger partial charge in [0.1, 0.15) is 11.6 Å². The monoisotopic (exact) mass is 340 g/mol. The normalized spacial score (nSPS) is 23.2. The van der Waals surface area contributed by atoms with Crippen molar-refractivity contribution in [2.45, 2.75) is 50.0 Å². The standard InChI is InChI=1S/C18H26F2N2O2/c1-2-5-24-16-4-3-15(10-16)22-11-18(23)17(21)8-12-6-13(19)9-14(20)7-12/h2,6-7,9,15-18,22-23H,1,3-5,8,10-11,21H2/t15-,16+,17-,18+/m0/s1. The molecule has 0 aromatic heterocycles. The molecule has 0 unspecified atom stereocenters. The topological polar surface area (TPSA) is 67.5 Å². The summed E-state index contributed by atoms with van der Waals surface area (Å²) in [5, 5.41) is 13.5. The second-order valence-corrected chi connectivity index (χ2v) is 6.38. The molecule has 0 aliphatic heterocycles. The molecular weight excluding hydrogens is 314 g/mol. The maximum Gasteiger partial charge on any atom is 0.126 e. The molecular formula is C18H26F2N2O2. The average molecular weight is 340 g/mol. The first-order valence-corrected chi connectivity index (χ1v) is 8.32. The number of nitrogens with two attached hydrogens (primary N) is 1. The molecule has 2 rings (SSSR count). The van der Waals surface area contributed by atoms with Gasteiger partial charge in [-0.3, -0.25) is 0 Å². The van der Waals surface area contributed by atoms with E-state index in [2.05, 4.69) is 11.9 Å². The molecule has 0 heterocycles. The van der Waals surface area contributed by atoms with Crippen LogP contribution in [0.4, 0.5) is 8.78 Å². The molecule has 1 saturated carbocycles. The number of benzene rings is 1. The number of aliphatic hydroxyl groups excluding tert-OH is 1. The molecule has 4 nitrogen and oxygen atoms in total. The molecule has 1 aromatic rings. The van der Waals surface area contributed by atoms with Gasteiger partial charge in [0.2, 0.25) is 0 Å². The molecule has 0 saturated heterocycles. The van der Waals surface area contributed by atoms with E-state index in [9.17, 15) is 13.9 Å². The Hall–Kier alpha value is -1.34.